The van der Waals surface area contributed by atoms with Gasteiger partial charge >= 0.3 is 5.97 Å². The summed E-state index contributed by atoms with van der Waals surface area (Å²) in [5.74, 6) is -1.33. The van der Waals surface area contributed by atoms with Crippen LogP contribution < -0.4 is 5.32 Å². The molecule has 0 radical (unpaired) electrons. The average molecular weight is 598 g/mol. The molecule has 2 aliphatic heterocycles. The summed E-state index contributed by atoms with van der Waals surface area (Å²) in [4.78, 5) is 51.1. The van der Waals surface area contributed by atoms with Crippen LogP contribution in [0.4, 0.5) is 5.69 Å². The Bertz CT molecular complexity index is 1510. The van der Waals surface area contributed by atoms with Gasteiger partial charge in [0.15, 0.2) is 6.10 Å². The summed E-state index contributed by atoms with van der Waals surface area (Å²) in [5, 5.41) is 35.2. The van der Waals surface area contributed by atoms with Gasteiger partial charge in [-0.3, -0.25) is 24.6 Å². The molecule has 0 saturated carbocycles. The van der Waals surface area contributed by atoms with Gasteiger partial charge in [-0.25, -0.2) is 9.48 Å². The van der Waals surface area contributed by atoms with Gasteiger partial charge in [0, 0.05) is 30.7 Å². The number of non-ortho nitro benzene ring substituents is 1. The highest BCUT2D eigenvalue weighted by Crippen LogP contribution is 2.42. The van der Waals surface area contributed by atoms with Crippen molar-refractivity contribution in [1.29, 1.82) is 0 Å². The summed E-state index contributed by atoms with van der Waals surface area (Å²) < 4.78 is 7.00. The van der Waals surface area contributed by atoms with Crippen molar-refractivity contribution in [1.82, 2.24) is 30.4 Å². The van der Waals surface area contributed by atoms with E-state index < -0.39 is 40.2 Å². The molecule has 2 unspecified atom stereocenters. The highest BCUT2D eigenvalue weighted by atomic mass is 32.2. The van der Waals surface area contributed by atoms with Crippen LogP contribution in [0.1, 0.15) is 17.2 Å². The summed E-state index contributed by atoms with van der Waals surface area (Å²) in [5.41, 5.74) is 1.51. The fraction of sp³-hybridized carbons (Fsp3) is 0.280. The molecule has 2 aromatic carbocycles. The highest BCUT2D eigenvalue weighted by Gasteiger charge is 2.54. The topological polar surface area (TPSA) is 183 Å². The van der Waals surface area contributed by atoms with Gasteiger partial charge in [-0.05, 0) is 39.3 Å². The lowest BCUT2D eigenvalue weighted by Gasteiger charge is -2.49. The Morgan fingerprint density at radius 2 is 1.98 bits per heavy atom. The maximum absolute atomic E-state index is 13.4. The maximum Gasteiger partial charge on any atom is 0.355 e. The number of rotatable bonds is 10. The Labute approximate surface area is 241 Å². The normalized spacial score (nSPS) is 18.8. The number of carbonyl (C=O) groups excluding carboxylic acids is 3. The third-order valence-corrected chi connectivity index (χ3v) is 8.81. The first-order valence-corrected chi connectivity index (χ1v) is 14.2. The van der Waals surface area contributed by atoms with E-state index in [1.165, 1.54) is 57.4 Å². The van der Waals surface area contributed by atoms with Crippen LogP contribution >= 0.6 is 23.5 Å². The number of aliphatic hydroxyl groups is 1. The minimum absolute atomic E-state index is 0.0670. The fourth-order valence-electron chi connectivity index (χ4n) is 4.23. The molecule has 1 saturated heterocycles. The number of carbonyl (C=O) groups is 3. The van der Waals surface area contributed by atoms with Gasteiger partial charge in [0.25, 0.3) is 17.5 Å². The number of esters is 1. The Kier molecular flexibility index (Phi) is 8.32. The number of nitro benzene ring substituents is 1. The summed E-state index contributed by atoms with van der Waals surface area (Å²) >= 11 is 2.66. The number of amides is 2. The van der Waals surface area contributed by atoms with Gasteiger partial charge < -0.3 is 15.2 Å². The number of benzene rings is 2. The number of nitro groups is 1. The predicted molar refractivity (Wildman–Crippen MR) is 146 cm³/mol. The number of aromatic nitrogens is 4. The summed E-state index contributed by atoms with van der Waals surface area (Å²) in [6.07, 6.45) is -1.46. The van der Waals surface area contributed by atoms with Crippen LogP contribution in [-0.4, -0.2) is 75.8 Å². The molecule has 212 valence electrons. The average Bonchev–Trinajstić information content (AvgIpc) is 3.41. The minimum Gasteiger partial charge on any atom is -0.456 e. The minimum atomic E-state index is -1.46. The molecule has 0 aliphatic carbocycles. The molecule has 2 amide bonds. The van der Waals surface area contributed by atoms with E-state index >= 15 is 0 Å². The smallest absolute Gasteiger partial charge is 0.355 e. The van der Waals surface area contributed by atoms with Crippen molar-refractivity contribution < 1.29 is 29.2 Å². The van der Waals surface area contributed by atoms with Crippen molar-refractivity contribution in [3.05, 3.63) is 87.1 Å². The zero-order valence-corrected chi connectivity index (χ0v) is 23.1. The molecule has 16 heteroatoms. The largest absolute Gasteiger partial charge is 0.456 e. The monoisotopic (exact) mass is 597 g/mol. The third-order valence-electron chi connectivity index (χ3n) is 6.38. The van der Waals surface area contributed by atoms with Crippen LogP contribution in [0.15, 0.2) is 71.0 Å². The van der Waals surface area contributed by atoms with Crippen molar-refractivity contribution in [3.8, 4) is 0 Å². The number of ether oxygens (including phenoxy) is 1. The van der Waals surface area contributed by atoms with Gasteiger partial charge in [0.05, 0.1) is 4.92 Å². The lowest BCUT2D eigenvalue weighted by atomic mass is 10.0. The van der Waals surface area contributed by atoms with E-state index in [4.69, 9.17) is 4.74 Å². The second-order valence-electron chi connectivity index (χ2n) is 9.03. The molecule has 0 bridgehead atoms. The number of hydrogen-bond donors (Lipinski definition) is 2. The van der Waals surface area contributed by atoms with Crippen LogP contribution in [0.5, 0.6) is 0 Å². The molecule has 14 nitrogen and oxygen atoms in total. The number of β-lactam (4-membered cyclic amide) rings is 1. The van der Waals surface area contributed by atoms with Gasteiger partial charge in [0.1, 0.15) is 23.7 Å². The quantitative estimate of drug-likeness (QED) is 0.113. The van der Waals surface area contributed by atoms with E-state index in [9.17, 15) is 29.6 Å². The van der Waals surface area contributed by atoms with Crippen LogP contribution in [0, 0.1) is 10.1 Å². The Morgan fingerprint density at radius 1 is 1.24 bits per heavy atom. The van der Waals surface area contributed by atoms with Gasteiger partial charge in [0.2, 0.25) is 5.16 Å². The molecule has 1 fully saturated rings. The van der Waals surface area contributed by atoms with Crippen molar-refractivity contribution in [2.24, 2.45) is 7.05 Å². The van der Waals surface area contributed by atoms with Crippen LogP contribution in [-0.2, 0) is 32.8 Å². The number of aliphatic hydroxyl groups excluding tert-OH is 1. The maximum atomic E-state index is 13.4. The van der Waals surface area contributed by atoms with Gasteiger partial charge in [-0.15, -0.1) is 16.9 Å². The van der Waals surface area contributed by atoms with Crippen LogP contribution in [0.3, 0.4) is 0 Å². The molecule has 41 heavy (non-hydrogen) atoms. The number of tetrazole rings is 1. The standard InChI is InChI=1S/C25H23N7O7S2/c1-30-25(27-28-29-30)41-13-16-12-40-23-18(26-21(34)20(33)15-5-3-2-4-6-15)22(35)31(23)19(16)24(36)39-11-14-7-9-17(10-8-14)32(37)38/h2-10,18,20,23,33H,11-13H2,1H3,(H,26,34)/t18?,20?,23-/m1/s1. The molecular formula is C25H23N7O7S2. The van der Waals surface area contributed by atoms with E-state index in [-0.39, 0.29) is 18.0 Å². The Balaban J connectivity index is 1.32. The first kappa shape index (κ1) is 28.3. The molecule has 3 heterocycles. The zero-order chi connectivity index (χ0) is 29.1. The lowest BCUT2D eigenvalue weighted by molar-refractivity contribution is -0.384. The molecule has 3 atom stereocenters. The number of fused-ring (bicyclic) bond motifs is 1. The summed E-state index contributed by atoms with van der Waals surface area (Å²) in [6, 6.07) is 13.0. The molecule has 3 aromatic rings. The van der Waals surface area contributed by atoms with Crippen molar-refractivity contribution in [3.63, 3.8) is 0 Å². The summed E-state index contributed by atoms with van der Waals surface area (Å²) in [6.45, 7) is -0.169. The first-order valence-electron chi connectivity index (χ1n) is 12.2. The number of hydrogen-bond acceptors (Lipinski definition) is 12. The second-order valence-corrected chi connectivity index (χ2v) is 11.1. The van der Waals surface area contributed by atoms with Gasteiger partial charge in [-0.1, -0.05) is 42.1 Å². The number of aryl methyl sites for hydroxylation is 1. The van der Waals surface area contributed by atoms with E-state index in [2.05, 4.69) is 20.8 Å². The van der Waals surface area contributed by atoms with E-state index in [1.54, 1.807) is 37.4 Å². The molecule has 1 aromatic heterocycles. The first-order chi connectivity index (χ1) is 19.7. The molecule has 2 N–H and O–H groups in total. The molecule has 2 aliphatic rings. The fourth-order valence-corrected chi connectivity index (χ4v) is 6.56. The lowest BCUT2D eigenvalue weighted by Crippen LogP contribution is -2.71. The second kappa shape index (κ2) is 12.1. The molecular weight excluding hydrogens is 574 g/mol. The number of nitrogens with one attached hydrogen (secondary N) is 1. The number of thioether (sulfide) groups is 2. The van der Waals surface area contributed by atoms with E-state index in [0.717, 1.165) is 0 Å². The van der Waals surface area contributed by atoms with E-state index in [0.29, 0.717) is 33.4 Å². The Hall–Kier alpha value is -4.28. The van der Waals surface area contributed by atoms with Crippen molar-refractivity contribution in [2.45, 2.75) is 29.3 Å². The molecule has 0 spiro atoms. The van der Waals surface area contributed by atoms with Crippen molar-refractivity contribution >= 4 is 47.0 Å². The predicted octanol–water partition coefficient (Wildman–Crippen LogP) is 1.34. The summed E-state index contributed by atoms with van der Waals surface area (Å²) in [7, 11) is 1.68. The van der Waals surface area contributed by atoms with Crippen LogP contribution in [0.2, 0.25) is 0 Å². The van der Waals surface area contributed by atoms with Crippen LogP contribution in [0.25, 0.3) is 0 Å². The Morgan fingerprint density at radius 3 is 2.63 bits per heavy atom. The van der Waals surface area contributed by atoms with Crippen molar-refractivity contribution in [2.75, 3.05) is 11.5 Å². The molecule has 5 rings (SSSR count). The van der Waals surface area contributed by atoms with E-state index in [1.807, 2.05) is 0 Å². The van der Waals surface area contributed by atoms with Gasteiger partial charge in [-0.2, -0.15) is 0 Å². The zero-order valence-electron chi connectivity index (χ0n) is 21.4. The number of nitrogens with zero attached hydrogens (tertiary/aromatic N) is 6. The third kappa shape index (κ3) is 5.94. The SMILES string of the molecule is Cn1nnnc1SCC1=C(C(=O)OCc2ccc([N+](=O)[O-])cc2)N2C(=O)C(NC(=O)C(O)c3ccccc3)[C@H]2SC1. The highest BCUT2D eigenvalue weighted by molar-refractivity contribution is 8.01.